The molecule has 3 aromatic heterocycles. The smallest absolute Gasteiger partial charge is 0.225 e. The predicted octanol–water partition coefficient (Wildman–Crippen LogP) is 1.77. The van der Waals surface area contributed by atoms with Crippen LogP contribution in [0.25, 0.3) is 5.65 Å². The fourth-order valence-electron chi connectivity index (χ4n) is 3.04. The Morgan fingerprint density at radius 1 is 0.875 bits per heavy atom. The quantitative estimate of drug-likeness (QED) is 0.716. The van der Waals surface area contributed by atoms with Gasteiger partial charge in [0.1, 0.15) is 5.82 Å². The highest BCUT2D eigenvalue weighted by Gasteiger charge is 2.20. The Kier molecular flexibility index (Phi) is 3.55. The Labute approximate surface area is 141 Å². The van der Waals surface area contributed by atoms with Gasteiger partial charge in [-0.15, -0.1) is 5.10 Å². The van der Waals surface area contributed by atoms with Gasteiger partial charge in [0.25, 0.3) is 0 Å². The van der Waals surface area contributed by atoms with Crippen molar-refractivity contribution < 1.29 is 0 Å². The van der Waals surface area contributed by atoms with Crippen LogP contribution in [0.1, 0.15) is 17.1 Å². The number of imidazole rings is 1. The van der Waals surface area contributed by atoms with Gasteiger partial charge in [0.15, 0.2) is 5.65 Å². The zero-order chi connectivity index (χ0) is 16.7. The molecule has 4 rings (SSSR count). The lowest BCUT2D eigenvalue weighted by Gasteiger charge is -2.35. The van der Waals surface area contributed by atoms with Gasteiger partial charge in [0.05, 0.1) is 11.4 Å². The summed E-state index contributed by atoms with van der Waals surface area (Å²) in [5.41, 5.74) is 4.03. The average Bonchev–Trinajstić information content (AvgIpc) is 2.89. The number of rotatable bonds is 2. The van der Waals surface area contributed by atoms with Crippen LogP contribution in [0.2, 0.25) is 0 Å². The summed E-state index contributed by atoms with van der Waals surface area (Å²) in [7, 11) is 0. The Balaban J connectivity index is 1.52. The van der Waals surface area contributed by atoms with Crippen LogP contribution in [0.15, 0.2) is 24.4 Å². The minimum atomic E-state index is 0.819. The van der Waals surface area contributed by atoms with Gasteiger partial charge in [-0.05, 0) is 39.0 Å². The highest BCUT2D eigenvalue weighted by Crippen LogP contribution is 2.18. The topological polar surface area (TPSA) is 62.5 Å². The van der Waals surface area contributed by atoms with Gasteiger partial charge in [0, 0.05) is 38.1 Å². The molecule has 0 bridgehead atoms. The molecule has 0 radical (unpaired) electrons. The van der Waals surface area contributed by atoms with E-state index in [2.05, 4.69) is 37.7 Å². The number of aryl methyl sites for hydroxylation is 3. The number of aromatic nitrogens is 5. The molecule has 124 valence electrons. The predicted molar refractivity (Wildman–Crippen MR) is 93.7 cm³/mol. The van der Waals surface area contributed by atoms with E-state index in [0.717, 1.165) is 60.7 Å². The number of piperazine rings is 1. The van der Waals surface area contributed by atoms with Crippen molar-refractivity contribution in [3.63, 3.8) is 0 Å². The fraction of sp³-hybridized carbons (Fsp3) is 0.412. The Hall–Kier alpha value is -2.70. The zero-order valence-corrected chi connectivity index (χ0v) is 14.3. The third kappa shape index (κ3) is 2.55. The number of anilines is 2. The van der Waals surface area contributed by atoms with Crippen molar-refractivity contribution in [2.75, 3.05) is 36.0 Å². The molecule has 7 nitrogen and oxygen atoms in total. The van der Waals surface area contributed by atoms with Crippen LogP contribution in [-0.2, 0) is 0 Å². The molecule has 4 heterocycles. The molecule has 1 aliphatic rings. The Bertz CT molecular complexity index is 878. The van der Waals surface area contributed by atoms with Crippen LogP contribution in [0.4, 0.5) is 11.8 Å². The lowest BCUT2D eigenvalue weighted by Crippen LogP contribution is -2.47. The van der Waals surface area contributed by atoms with E-state index in [1.807, 2.05) is 36.7 Å². The number of nitrogens with zero attached hydrogens (tertiary/aromatic N) is 7. The summed E-state index contributed by atoms with van der Waals surface area (Å²) in [5, 5.41) is 4.76. The van der Waals surface area contributed by atoms with Gasteiger partial charge in [0.2, 0.25) is 5.95 Å². The molecular formula is C17H21N7. The van der Waals surface area contributed by atoms with Crippen LogP contribution < -0.4 is 9.80 Å². The monoisotopic (exact) mass is 323 g/mol. The third-order valence-electron chi connectivity index (χ3n) is 4.59. The van der Waals surface area contributed by atoms with E-state index >= 15 is 0 Å². The van der Waals surface area contributed by atoms with Gasteiger partial charge in [-0.25, -0.2) is 19.5 Å². The largest absolute Gasteiger partial charge is 0.352 e. The van der Waals surface area contributed by atoms with E-state index in [4.69, 9.17) is 5.10 Å². The summed E-state index contributed by atoms with van der Waals surface area (Å²) in [6.45, 7) is 9.67. The maximum atomic E-state index is 4.76. The van der Waals surface area contributed by atoms with Crippen LogP contribution in [-0.4, -0.2) is 50.7 Å². The lowest BCUT2D eigenvalue weighted by atomic mass is 10.3. The molecule has 1 aliphatic heterocycles. The van der Waals surface area contributed by atoms with Crippen molar-refractivity contribution in [2.45, 2.75) is 20.8 Å². The lowest BCUT2D eigenvalue weighted by molar-refractivity contribution is 0.628. The second-order valence-electron chi connectivity index (χ2n) is 6.22. The van der Waals surface area contributed by atoms with Crippen molar-refractivity contribution in [1.82, 2.24) is 24.6 Å². The van der Waals surface area contributed by atoms with E-state index in [9.17, 15) is 0 Å². The van der Waals surface area contributed by atoms with Crippen molar-refractivity contribution in [3.05, 3.63) is 41.5 Å². The summed E-state index contributed by atoms with van der Waals surface area (Å²) in [6.07, 6.45) is 1.82. The standard InChI is InChI=1S/C17H21N7/c1-12-6-7-18-17(19-12)23-10-8-22(9-11-23)16-5-4-15-20-13(2)14(3)24(15)21-16/h4-7H,8-11H2,1-3H3. The van der Waals surface area contributed by atoms with Crippen molar-refractivity contribution in [1.29, 1.82) is 0 Å². The maximum absolute atomic E-state index is 4.76. The molecule has 1 fully saturated rings. The highest BCUT2D eigenvalue weighted by molar-refractivity contribution is 5.49. The minimum Gasteiger partial charge on any atom is -0.352 e. The number of hydrogen-bond acceptors (Lipinski definition) is 6. The molecular weight excluding hydrogens is 302 g/mol. The van der Waals surface area contributed by atoms with Crippen molar-refractivity contribution in [3.8, 4) is 0 Å². The van der Waals surface area contributed by atoms with E-state index in [0.29, 0.717) is 0 Å². The van der Waals surface area contributed by atoms with Crippen LogP contribution in [0.5, 0.6) is 0 Å². The molecule has 0 saturated carbocycles. The summed E-state index contributed by atoms with van der Waals surface area (Å²) >= 11 is 0. The molecule has 0 atom stereocenters. The minimum absolute atomic E-state index is 0.819. The Morgan fingerprint density at radius 2 is 1.62 bits per heavy atom. The maximum Gasteiger partial charge on any atom is 0.225 e. The van der Waals surface area contributed by atoms with Gasteiger partial charge in [-0.2, -0.15) is 0 Å². The molecule has 3 aromatic rings. The van der Waals surface area contributed by atoms with E-state index < -0.39 is 0 Å². The molecule has 0 N–H and O–H groups in total. The average molecular weight is 323 g/mol. The van der Waals surface area contributed by atoms with E-state index in [-0.39, 0.29) is 0 Å². The van der Waals surface area contributed by atoms with Crippen LogP contribution in [0.3, 0.4) is 0 Å². The SMILES string of the molecule is Cc1ccnc(N2CCN(c3ccc4nc(C)c(C)n4n3)CC2)n1. The van der Waals surface area contributed by atoms with Gasteiger partial charge < -0.3 is 9.80 Å². The van der Waals surface area contributed by atoms with E-state index in [1.54, 1.807) is 0 Å². The first-order valence-electron chi connectivity index (χ1n) is 8.24. The number of fused-ring (bicyclic) bond motifs is 1. The molecule has 0 amide bonds. The van der Waals surface area contributed by atoms with Gasteiger partial charge >= 0.3 is 0 Å². The molecule has 24 heavy (non-hydrogen) atoms. The molecule has 0 unspecified atom stereocenters. The van der Waals surface area contributed by atoms with Crippen LogP contribution in [0, 0.1) is 20.8 Å². The second kappa shape index (κ2) is 5.74. The summed E-state index contributed by atoms with van der Waals surface area (Å²) in [4.78, 5) is 18.0. The molecule has 1 saturated heterocycles. The molecule has 0 aliphatic carbocycles. The number of hydrogen-bond donors (Lipinski definition) is 0. The van der Waals surface area contributed by atoms with Crippen molar-refractivity contribution >= 4 is 17.4 Å². The second-order valence-corrected chi connectivity index (χ2v) is 6.22. The molecule has 0 aromatic carbocycles. The van der Waals surface area contributed by atoms with Gasteiger partial charge in [-0.3, -0.25) is 0 Å². The van der Waals surface area contributed by atoms with Crippen molar-refractivity contribution in [2.24, 2.45) is 0 Å². The first-order chi connectivity index (χ1) is 11.6. The normalized spacial score (nSPS) is 15.3. The Morgan fingerprint density at radius 3 is 2.38 bits per heavy atom. The first kappa shape index (κ1) is 14.9. The van der Waals surface area contributed by atoms with Crippen LogP contribution >= 0.6 is 0 Å². The fourth-order valence-corrected chi connectivity index (χ4v) is 3.04. The summed E-state index contributed by atoms with van der Waals surface area (Å²) < 4.78 is 1.93. The summed E-state index contributed by atoms with van der Waals surface area (Å²) in [5.74, 6) is 1.81. The van der Waals surface area contributed by atoms with Gasteiger partial charge in [-0.1, -0.05) is 0 Å². The summed E-state index contributed by atoms with van der Waals surface area (Å²) in [6, 6.07) is 6.02. The molecule has 7 heteroatoms. The highest BCUT2D eigenvalue weighted by atomic mass is 15.4. The molecule has 0 spiro atoms. The van der Waals surface area contributed by atoms with E-state index in [1.165, 1.54) is 0 Å². The third-order valence-corrected chi connectivity index (χ3v) is 4.59. The first-order valence-corrected chi connectivity index (χ1v) is 8.24. The zero-order valence-electron chi connectivity index (χ0n) is 14.3.